The summed E-state index contributed by atoms with van der Waals surface area (Å²) >= 11 is 0. The molecule has 8 heteroatoms. The molecule has 1 aromatic heterocycles. The molecule has 1 N–H and O–H groups in total. The van der Waals surface area contributed by atoms with Gasteiger partial charge in [0.05, 0.1) is 18.0 Å². The van der Waals surface area contributed by atoms with E-state index >= 15 is 0 Å². The fraction of sp³-hybridized carbons (Fsp3) is 0.500. The third kappa shape index (κ3) is 3.40. The standard InChI is InChI=1S/C20H25N3O5/c1-19(2,3)28-18(24)23-15(10-27-20(23,4)5)14-9-13(21-22-14)12-6-7-16-17(8-12)26-11-25-16/h6-9,15H,10-11H2,1-5H3,(H,21,22)/t15-/m0/s1. The number of nitrogens with one attached hydrogen (secondary N) is 1. The first-order valence-corrected chi connectivity index (χ1v) is 9.26. The van der Waals surface area contributed by atoms with Crippen LogP contribution in [0.25, 0.3) is 11.3 Å². The smallest absolute Gasteiger partial charge is 0.413 e. The van der Waals surface area contributed by atoms with E-state index in [1.54, 1.807) is 4.90 Å². The summed E-state index contributed by atoms with van der Waals surface area (Å²) in [5.41, 5.74) is 1.06. The predicted molar refractivity (Wildman–Crippen MR) is 101 cm³/mol. The van der Waals surface area contributed by atoms with E-state index in [1.165, 1.54) is 0 Å². The van der Waals surface area contributed by atoms with Gasteiger partial charge in [-0.15, -0.1) is 0 Å². The number of aromatic nitrogens is 2. The zero-order valence-corrected chi connectivity index (χ0v) is 16.7. The Kier molecular flexibility index (Phi) is 4.26. The Bertz CT molecular complexity index is 899. The molecule has 0 spiro atoms. The van der Waals surface area contributed by atoms with Gasteiger partial charge in [0.25, 0.3) is 0 Å². The van der Waals surface area contributed by atoms with Crippen LogP contribution in [0, 0.1) is 0 Å². The lowest BCUT2D eigenvalue weighted by atomic mass is 10.1. The lowest BCUT2D eigenvalue weighted by Gasteiger charge is -2.34. The lowest BCUT2D eigenvalue weighted by molar-refractivity contribution is -0.0627. The van der Waals surface area contributed by atoms with Crippen molar-refractivity contribution in [3.05, 3.63) is 30.0 Å². The number of carbonyl (C=O) groups is 1. The molecule has 1 atom stereocenters. The number of fused-ring (bicyclic) bond motifs is 1. The number of carbonyl (C=O) groups excluding carboxylic acids is 1. The number of hydrogen-bond donors (Lipinski definition) is 1. The summed E-state index contributed by atoms with van der Waals surface area (Å²) in [5.74, 6) is 1.42. The molecule has 1 aromatic carbocycles. The maximum absolute atomic E-state index is 12.8. The van der Waals surface area contributed by atoms with Gasteiger partial charge in [-0.3, -0.25) is 10.00 Å². The van der Waals surface area contributed by atoms with Crippen molar-refractivity contribution >= 4 is 6.09 Å². The lowest BCUT2D eigenvalue weighted by Crippen LogP contribution is -2.47. The quantitative estimate of drug-likeness (QED) is 0.842. The Morgan fingerprint density at radius 1 is 1.25 bits per heavy atom. The minimum atomic E-state index is -0.781. The first-order chi connectivity index (χ1) is 13.1. The SMILES string of the molecule is CC(C)(C)OC(=O)N1[C@H](c2cc(-c3ccc4c(c3)OCO4)n[nH]2)COC1(C)C. The summed E-state index contributed by atoms with van der Waals surface area (Å²) in [4.78, 5) is 14.4. The van der Waals surface area contributed by atoms with Crippen molar-refractivity contribution in [1.82, 2.24) is 15.1 Å². The van der Waals surface area contributed by atoms with Crippen LogP contribution in [0.5, 0.6) is 11.5 Å². The molecule has 2 aromatic rings. The Balaban J connectivity index is 1.61. The van der Waals surface area contributed by atoms with Crippen LogP contribution in [0.2, 0.25) is 0 Å². The van der Waals surface area contributed by atoms with E-state index in [0.717, 1.165) is 22.7 Å². The van der Waals surface area contributed by atoms with E-state index in [1.807, 2.05) is 58.9 Å². The van der Waals surface area contributed by atoms with Crippen molar-refractivity contribution in [2.24, 2.45) is 0 Å². The number of H-pyrrole nitrogens is 1. The van der Waals surface area contributed by atoms with Gasteiger partial charge >= 0.3 is 6.09 Å². The van der Waals surface area contributed by atoms with Gasteiger partial charge in [-0.05, 0) is 58.9 Å². The van der Waals surface area contributed by atoms with Crippen molar-refractivity contribution in [1.29, 1.82) is 0 Å². The van der Waals surface area contributed by atoms with Crippen LogP contribution in [0.1, 0.15) is 46.4 Å². The molecule has 28 heavy (non-hydrogen) atoms. The second-order valence-electron chi connectivity index (χ2n) is 8.40. The van der Waals surface area contributed by atoms with Gasteiger partial charge in [0.1, 0.15) is 17.4 Å². The van der Waals surface area contributed by atoms with Crippen LogP contribution in [-0.4, -0.2) is 45.9 Å². The molecular formula is C20H25N3O5. The second-order valence-corrected chi connectivity index (χ2v) is 8.40. The van der Waals surface area contributed by atoms with Crippen molar-refractivity contribution in [3.63, 3.8) is 0 Å². The molecule has 150 valence electrons. The average molecular weight is 387 g/mol. The second kappa shape index (κ2) is 6.41. The predicted octanol–water partition coefficient (Wildman–Crippen LogP) is 3.85. The highest BCUT2D eigenvalue weighted by Gasteiger charge is 2.47. The number of hydrogen-bond acceptors (Lipinski definition) is 6. The number of rotatable bonds is 2. The van der Waals surface area contributed by atoms with Gasteiger partial charge in [-0.25, -0.2) is 4.79 Å². The molecule has 0 radical (unpaired) electrons. The molecule has 1 fully saturated rings. The highest BCUT2D eigenvalue weighted by atomic mass is 16.7. The number of ether oxygens (including phenoxy) is 4. The summed E-state index contributed by atoms with van der Waals surface area (Å²) in [6.45, 7) is 9.82. The Labute approximate surface area is 163 Å². The first kappa shape index (κ1) is 18.6. The van der Waals surface area contributed by atoms with Crippen molar-refractivity contribution in [2.75, 3.05) is 13.4 Å². The number of aromatic amines is 1. The molecular weight excluding hydrogens is 362 g/mol. The van der Waals surface area contributed by atoms with Gasteiger partial charge in [0.2, 0.25) is 6.79 Å². The van der Waals surface area contributed by atoms with E-state index in [9.17, 15) is 4.79 Å². The van der Waals surface area contributed by atoms with Gasteiger partial charge in [-0.2, -0.15) is 5.10 Å². The van der Waals surface area contributed by atoms with Crippen molar-refractivity contribution in [3.8, 4) is 22.8 Å². The summed E-state index contributed by atoms with van der Waals surface area (Å²) in [7, 11) is 0. The molecule has 0 saturated carbocycles. The Morgan fingerprint density at radius 2 is 2.00 bits per heavy atom. The van der Waals surface area contributed by atoms with E-state index < -0.39 is 17.4 Å². The van der Waals surface area contributed by atoms with Gasteiger partial charge in [-0.1, -0.05) is 0 Å². The molecule has 3 heterocycles. The minimum absolute atomic E-state index is 0.226. The first-order valence-electron chi connectivity index (χ1n) is 9.26. The Hall–Kier alpha value is -2.74. The van der Waals surface area contributed by atoms with E-state index in [-0.39, 0.29) is 12.8 Å². The molecule has 1 amide bonds. The highest BCUT2D eigenvalue weighted by Crippen LogP contribution is 2.39. The van der Waals surface area contributed by atoms with Gasteiger partial charge in [0.15, 0.2) is 11.5 Å². The number of benzene rings is 1. The largest absolute Gasteiger partial charge is 0.454 e. The van der Waals surface area contributed by atoms with Crippen molar-refractivity contribution in [2.45, 2.75) is 52.0 Å². The topological polar surface area (TPSA) is 85.9 Å². The normalized spacial score (nSPS) is 20.5. The van der Waals surface area contributed by atoms with E-state index in [4.69, 9.17) is 18.9 Å². The van der Waals surface area contributed by atoms with Crippen LogP contribution in [0.15, 0.2) is 24.3 Å². The maximum atomic E-state index is 12.8. The molecule has 2 aliphatic heterocycles. The summed E-state index contributed by atoms with van der Waals surface area (Å²) in [6.07, 6.45) is -0.417. The Morgan fingerprint density at radius 3 is 2.75 bits per heavy atom. The molecule has 0 aliphatic carbocycles. The molecule has 2 aliphatic rings. The van der Waals surface area contributed by atoms with Gasteiger partial charge < -0.3 is 18.9 Å². The maximum Gasteiger partial charge on any atom is 0.413 e. The van der Waals surface area contributed by atoms with Crippen LogP contribution in [0.4, 0.5) is 4.79 Å². The van der Waals surface area contributed by atoms with Gasteiger partial charge in [0, 0.05) is 5.56 Å². The molecule has 4 rings (SSSR count). The van der Waals surface area contributed by atoms with Crippen LogP contribution < -0.4 is 9.47 Å². The monoisotopic (exact) mass is 387 g/mol. The summed E-state index contributed by atoms with van der Waals surface area (Å²) < 4.78 is 22.3. The third-order valence-electron chi connectivity index (χ3n) is 4.70. The fourth-order valence-corrected chi connectivity index (χ4v) is 3.40. The minimum Gasteiger partial charge on any atom is -0.454 e. The zero-order valence-electron chi connectivity index (χ0n) is 16.7. The number of nitrogens with zero attached hydrogens (tertiary/aromatic N) is 2. The average Bonchev–Trinajstić information content (AvgIpc) is 3.29. The molecule has 8 nitrogen and oxygen atoms in total. The van der Waals surface area contributed by atoms with Crippen LogP contribution in [-0.2, 0) is 9.47 Å². The highest BCUT2D eigenvalue weighted by molar-refractivity contribution is 5.70. The summed E-state index contributed by atoms with van der Waals surface area (Å²) in [5, 5.41) is 7.46. The van der Waals surface area contributed by atoms with Crippen LogP contribution >= 0.6 is 0 Å². The van der Waals surface area contributed by atoms with Crippen LogP contribution in [0.3, 0.4) is 0 Å². The molecule has 0 bridgehead atoms. The zero-order chi connectivity index (χ0) is 20.1. The molecule has 1 saturated heterocycles. The third-order valence-corrected chi connectivity index (χ3v) is 4.70. The summed E-state index contributed by atoms with van der Waals surface area (Å²) in [6, 6.07) is 7.28. The fourth-order valence-electron chi connectivity index (χ4n) is 3.40. The van der Waals surface area contributed by atoms with Crippen molar-refractivity contribution < 1.29 is 23.7 Å². The van der Waals surface area contributed by atoms with E-state index in [0.29, 0.717) is 12.4 Å². The number of amides is 1. The molecule has 0 unspecified atom stereocenters. The van der Waals surface area contributed by atoms with E-state index in [2.05, 4.69) is 10.2 Å².